The van der Waals surface area contributed by atoms with E-state index in [1.165, 1.54) is 0 Å². The molecule has 0 aliphatic heterocycles. The minimum Gasteiger partial charge on any atom is -0.395 e. The second-order valence-corrected chi connectivity index (χ2v) is 12.0. The quantitative estimate of drug-likeness (QED) is 0.104. The lowest BCUT2D eigenvalue weighted by atomic mass is 9.83. The second kappa shape index (κ2) is 12.7. The Balaban J connectivity index is 1.40. The van der Waals surface area contributed by atoms with Crippen LogP contribution in [-0.2, 0) is 0 Å². The molecule has 0 unspecified atom stereocenters. The van der Waals surface area contributed by atoms with Gasteiger partial charge >= 0.3 is 12.3 Å². The summed E-state index contributed by atoms with van der Waals surface area (Å²) in [5.74, 6) is 1.61. The van der Waals surface area contributed by atoms with Gasteiger partial charge in [-0.2, -0.15) is 0 Å². The Kier molecular flexibility index (Phi) is 7.82. The highest BCUT2D eigenvalue weighted by atomic mass is 16.7. The summed E-state index contributed by atoms with van der Waals surface area (Å²) >= 11 is 0. The fourth-order valence-corrected chi connectivity index (χ4v) is 6.85. The van der Waals surface area contributed by atoms with Gasteiger partial charge in [0.15, 0.2) is 0 Å². The highest BCUT2D eigenvalue weighted by Gasteiger charge is 2.26. The first-order chi connectivity index (χ1) is 24.5. The number of para-hydroxylation sites is 2. The van der Waals surface area contributed by atoms with Crippen molar-refractivity contribution in [1.82, 2.24) is 0 Å². The largest absolute Gasteiger partial charge is 0.519 e. The van der Waals surface area contributed by atoms with E-state index >= 15 is 0 Å². The molecule has 0 amide bonds. The van der Waals surface area contributed by atoms with Gasteiger partial charge in [-0.05, 0) is 81.9 Å². The van der Waals surface area contributed by atoms with E-state index in [0.717, 1.165) is 65.3 Å². The van der Waals surface area contributed by atoms with Crippen molar-refractivity contribution in [1.29, 1.82) is 0 Å². The first-order valence-electron chi connectivity index (χ1n) is 16.3. The van der Waals surface area contributed by atoms with E-state index in [1.54, 1.807) is 48.5 Å². The van der Waals surface area contributed by atoms with E-state index in [-0.39, 0.29) is 0 Å². The average Bonchev–Trinajstić information content (AvgIpc) is 3.13. The maximum Gasteiger partial charge on any atom is 0.519 e. The van der Waals surface area contributed by atoms with Crippen LogP contribution in [0.15, 0.2) is 146 Å². The zero-order valence-electron chi connectivity index (χ0n) is 27.3. The first kappa shape index (κ1) is 30.7. The molecule has 0 fully saturated rings. The topological polar surface area (TPSA) is 71.1 Å². The van der Waals surface area contributed by atoms with Crippen LogP contribution in [0.2, 0.25) is 0 Å². The number of hydrogen-bond donors (Lipinski definition) is 0. The van der Waals surface area contributed by atoms with Gasteiger partial charge in [0.05, 0.1) is 0 Å². The minimum atomic E-state index is -0.826. The lowest BCUT2D eigenvalue weighted by Gasteiger charge is -2.22. The van der Waals surface area contributed by atoms with E-state index in [2.05, 4.69) is 26.0 Å². The molecule has 0 N–H and O–H groups in total. The smallest absolute Gasteiger partial charge is 0.395 e. The highest BCUT2D eigenvalue weighted by molar-refractivity contribution is 6.27. The molecule has 0 atom stereocenters. The Morgan fingerprint density at radius 2 is 0.700 bits per heavy atom. The Hall–Kier alpha value is -6.66. The molecule has 8 aromatic rings. The first-order valence-corrected chi connectivity index (χ1v) is 16.3. The maximum absolute atomic E-state index is 13.2. The Labute approximate surface area is 288 Å². The van der Waals surface area contributed by atoms with Gasteiger partial charge in [-0.25, -0.2) is 9.59 Å². The summed E-state index contributed by atoms with van der Waals surface area (Å²) in [6, 6.07) is 45.5. The van der Waals surface area contributed by atoms with Crippen LogP contribution in [0.5, 0.6) is 23.0 Å². The van der Waals surface area contributed by atoms with Crippen LogP contribution in [0.1, 0.15) is 11.1 Å². The molecule has 8 aromatic carbocycles. The van der Waals surface area contributed by atoms with E-state index in [1.807, 2.05) is 84.9 Å². The van der Waals surface area contributed by atoms with Crippen molar-refractivity contribution in [2.24, 2.45) is 0 Å². The van der Waals surface area contributed by atoms with Crippen molar-refractivity contribution < 1.29 is 28.5 Å². The van der Waals surface area contributed by atoms with Gasteiger partial charge in [-0.1, -0.05) is 121 Å². The van der Waals surface area contributed by atoms with Crippen molar-refractivity contribution in [2.45, 2.75) is 13.8 Å². The van der Waals surface area contributed by atoms with Crippen LogP contribution >= 0.6 is 0 Å². The van der Waals surface area contributed by atoms with Gasteiger partial charge in [0.1, 0.15) is 23.0 Å². The second-order valence-electron chi connectivity index (χ2n) is 12.0. The molecule has 50 heavy (non-hydrogen) atoms. The molecule has 6 nitrogen and oxygen atoms in total. The molecular weight excluding hydrogens is 624 g/mol. The Morgan fingerprint density at radius 1 is 0.360 bits per heavy atom. The molecule has 0 aliphatic rings. The van der Waals surface area contributed by atoms with Crippen molar-refractivity contribution in [3.05, 3.63) is 157 Å². The van der Waals surface area contributed by atoms with Crippen molar-refractivity contribution in [3.63, 3.8) is 0 Å². The average molecular weight is 655 g/mol. The summed E-state index contributed by atoms with van der Waals surface area (Å²) in [7, 11) is 0. The summed E-state index contributed by atoms with van der Waals surface area (Å²) < 4.78 is 23.3. The lowest BCUT2D eigenvalue weighted by molar-refractivity contribution is 0.152. The van der Waals surface area contributed by atoms with Gasteiger partial charge in [-0.3, -0.25) is 0 Å². The van der Waals surface area contributed by atoms with Crippen LogP contribution in [-0.4, -0.2) is 12.3 Å². The highest BCUT2D eigenvalue weighted by Crippen LogP contribution is 2.51. The fourth-order valence-electron chi connectivity index (χ4n) is 6.85. The SMILES string of the molecule is Cc1cccc2c(OC(=O)Oc3ccccc3)c3ccccc3c(-c3c4ccccc4c(OC(=O)Oc4ccccc4)c4cccc(C)c34)c12. The van der Waals surface area contributed by atoms with Crippen molar-refractivity contribution in [2.75, 3.05) is 0 Å². The lowest BCUT2D eigenvalue weighted by Crippen LogP contribution is -2.14. The fraction of sp³-hybridized carbons (Fsp3) is 0.0455. The Bertz CT molecular complexity index is 2410. The van der Waals surface area contributed by atoms with Crippen LogP contribution in [0, 0.1) is 13.8 Å². The zero-order valence-corrected chi connectivity index (χ0v) is 27.3. The number of carbonyl (C=O) groups is 2. The van der Waals surface area contributed by atoms with Gasteiger partial charge in [-0.15, -0.1) is 0 Å². The maximum atomic E-state index is 13.2. The molecule has 6 heteroatoms. The van der Waals surface area contributed by atoms with E-state index in [0.29, 0.717) is 23.0 Å². The molecule has 0 saturated heterocycles. The van der Waals surface area contributed by atoms with Crippen LogP contribution in [0.3, 0.4) is 0 Å². The minimum absolute atomic E-state index is 0.391. The monoisotopic (exact) mass is 654 g/mol. The summed E-state index contributed by atoms with van der Waals surface area (Å²) in [4.78, 5) is 26.5. The van der Waals surface area contributed by atoms with Gasteiger partial charge in [0.25, 0.3) is 0 Å². The molecule has 0 saturated carbocycles. The van der Waals surface area contributed by atoms with E-state index in [9.17, 15) is 9.59 Å². The normalized spacial score (nSPS) is 11.2. The van der Waals surface area contributed by atoms with Crippen LogP contribution < -0.4 is 18.9 Å². The van der Waals surface area contributed by atoms with Crippen LogP contribution in [0.25, 0.3) is 54.2 Å². The standard InChI is InChI=1S/C44H30O6/c1-27-15-13-25-35-37(27)39(31-21-9-11-23-33(31)41(35)49-43(45)47-29-17-5-3-6-18-29)40-32-22-10-12-24-34(32)42(36-26-14-16-28(2)38(36)40)50-44(46)48-30-19-7-4-8-20-30/h3-26H,1-2H3. The molecule has 0 aromatic heterocycles. The zero-order chi connectivity index (χ0) is 34.2. The Morgan fingerprint density at radius 3 is 1.10 bits per heavy atom. The number of hydrogen-bond acceptors (Lipinski definition) is 6. The van der Waals surface area contributed by atoms with Crippen molar-refractivity contribution >= 4 is 55.4 Å². The molecule has 8 rings (SSSR count). The summed E-state index contributed by atoms with van der Waals surface area (Å²) in [6.45, 7) is 4.11. The molecular formula is C44H30O6. The molecule has 0 bridgehead atoms. The summed E-state index contributed by atoms with van der Waals surface area (Å²) in [5.41, 5.74) is 3.96. The third kappa shape index (κ3) is 5.43. The van der Waals surface area contributed by atoms with Crippen LogP contribution in [0.4, 0.5) is 9.59 Å². The third-order valence-corrected chi connectivity index (χ3v) is 8.93. The molecule has 0 heterocycles. The molecule has 0 spiro atoms. The predicted octanol–water partition coefficient (Wildman–Crippen LogP) is 11.7. The molecule has 242 valence electrons. The number of benzene rings is 8. The molecule has 0 aliphatic carbocycles. The van der Waals surface area contributed by atoms with Crippen molar-refractivity contribution in [3.8, 4) is 34.1 Å². The number of carbonyl (C=O) groups excluding carboxylic acids is 2. The number of fused-ring (bicyclic) bond motifs is 4. The molecule has 0 radical (unpaired) electrons. The van der Waals surface area contributed by atoms with Gasteiger partial charge in [0, 0.05) is 21.5 Å². The van der Waals surface area contributed by atoms with Gasteiger partial charge in [0.2, 0.25) is 0 Å². The van der Waals surface area contributed by atoms with E-state index in [4.69, 9.17) is 18.9 Å². The van der Waals surface area contributed by atoms with Gasteiger partial charge < -0.3 is 18.9 Å². The number of rotatable bonds is 5. The summed E-state index contributed by atoms with van der Waals surface area (Å²) in [5, 5.41) is 6.68. The predicted molar refractivity (Wildman–Crippen MR) is 198 cm³/mol. The number of ether oxygens (including phenoxy) is 4. The number of aryl methyl sites for hydroxylation is 2. The van der Waals surface area contributed by atoms with E-state index < -0.39 is 12.3 Å². The summed E-state index contributed by atoms with van der Waals surface area (Å²) in [6.07, 6.45) is -1.65. The third-order valence-electron chi connectivity index (χ3n) is 8.93.